The van der Waals surface area contributed by atoms with E-state index in [1.165, 1.54) is 0 Å². The maximum absolute atomic E-state index is 11.5. The predicted octanol–water partition coefficient (Wildman–Crippen LogP) is 5.95. The van der Waals surface area contributed by atoms with Crippen molar-refractivity contribution < 1.29 is 19.4 Å². The minimum Gasteiger partial charge on any atom is -0.496 e. The number of methoxy groups -OCH3 is 2. The Morgan fingerprint density at radius 3 is 2.52 bits per heavy atom. The first-order chi connectivity index (χ1) is 22.2. The summed E-state index contributed by atoms with van der Waals surface area (Å²) in [7, 11) is 3.23. The zero-order valence-electron chi connectivity index (χ0n) is 26.4. The molecule has 5 rings (SSSR count). The Balaban J connectivity index is 1.41. The van der Waals surface area contributed by atoms with E-state index in [1.54, 1.807) is 27.3 Å². The van der Waals surface area contributed by atoms with Crippen LogP contribution in [0.4, 0.5) is 0 Å². The lowest BCUT2D eigenvalue weighted by Gasteiger charge is -2.17. The van der Waals surface area contributed by atoms with Crippen molar-refractivity contribution in [3.63, 3.8) is 0 Å². The number of ether oxygens (including phenoxy) is 2. The molecule has 1 amide bonds. The summed E-state index contributed by atoms with van der Waals surface area (Å²) in [5.74, 6) is 1.31. The van der Waals surface area contributed by atoms with Gasteiger partial charge in [-0.1, -0.05) is 47.5 Å². The monoisotopic (exact) mass is 663 g/mol. The number of carbonyl (C=O) groups excluding carboxylic acids is 1. The zero-order valence-corrected chi connectivity index (χ0v) is 27.9. The lowest BCUT2D eigenvalue weighted by molar-refractivity contribution is -0.119. The molecule has 0 spiro atoms. The third kappa shape index (κ3) is 7.62. The fourth-order valence-electron chi connectivity index (χ4n) is 5.67. The molecule has 0 aliphatic carbocycles. The van der Waals surface area contributed by atoms with Gasteiger partial charge in [0.1, 0.15) is 5.75 Å². The van der Waals surface area contributed by atoms with Gasteiger partial charge in [0.25, 0.3) is 0 Å². The molecule has 1 aliphatic rings. The zero-order chi connectivity index (χ0) is 32.8. The molecule has 2 aromatic heterocycles. The van der Waals surface area contributed by atoms with E-state index in [9.17, 15) is 9.90 Å². The molecule has 4 aromatic rings. The number of nitrogens with one attached hydrogen (secondary N) is 3. The second-order valence-electron chi connectivity index (χ2n) is 11.4. The third-order valence-corrected chi connectivity index (χ3v) is 8.83. The highest BCUT2D eigenvalue weighted by atomic mass is 35.5. The number of aromatic nitrogens is 2. The molecule has 0 saturated carbocycles. The van der Waals surface area contributed by atoms with Crippen LogP contribution in [0.1, 0.15) is 36.5 Å². The first-order valence-corrected chi connectivity index (χ1v) is 16.0. The van der Waals surface area contributed by atoms with Crippen LogP contribution in [0.5, 0.6) is 11.6 Å². The molecule has 0 radical (unpaired) electrons. The molecule has 4 N–H and O–H groups in total. The van der Waals surface area contributed by atoms with Crippen LogP contribution in [-0.2, 0) is 17.9 Å². The Morgan fingerprint density at radius 2 is 1.80 bits per heavy atom. The fourth-order valence-corrected chi connectivity index (χ4v) is 6.32. The van der Waals surface area contributed by atoms with E-state index in [2.05, 4.69) is 20.9 Å². The number of nitrogens with zero attached hydrogens (tertiary/aromatic N) is 2. The number of pyridine rings is 2. The van der Waals surface area contributed by atoms with Crippen molar-refractivity contribution in [1.82, 2.24) is 25.9 Å². The predicted molar refractivity (Wildman–Crippen MR) is 182 cm³/mol. The van der Waals surface area contributed by atoms with Gasteiger partial charge in [0.15, 0.2) is 0 Å². The van der Waals surface area contributed by atoms with Gasteiger partial charge in [-0.15, -0.1) is 0 Å². The van der Waals surface area contributed by atoms with E-state index < -0.39 is 6.10 Å². The van der Waals surface area contributed by atoms with Crippen molar-refractivity contribution in [1.29, 1.82) is 0 Å². The Morgan fingerprint density at radius 1 is 1.02 bits per heavy atom. The third-order valence-electron chi connectivity index (χ3n) is 8.04. The highest BCUT2D eigenvalue weighted by molar-refractivity contribution is 6.39. The summed E-state index contributed by atoms with van der Waals surface area (Å²) < 4.78 is 11.4. The Labute approximate surface area is 279 Å². The topological polar surface area (TPSA) is 118 Å². The number of carbonyl (C=O) groups is 1. The van der Waals surface area contributed by atoms with Gasteiger partial charge in [0.2, 0.25) is 11.8 Å². The van der Waals surface area contributed by atoms with Crippen LogP contribution in [0.15, 0.2) is 54.7 Å². The van der Waals surface area contributed by atoms with Crippen molar-refractivity contribution in [3.8, 4) is 45.3 Å². The number of aliphatic hydroxyl groups excluding tert-OH is 1. The largest absolute Gasteiger partial charge is 0.496 e. The number of aryl methyl sites for hydroxylation is 1. The van der Waals surface area contributed by atoms with Crippen LogP contribution in [0.3, 0.4) is 0 Å². The first-order valence-electron chi connectivity index (χ1n) is 15.2. The summed E-state index contributed by atoms with van der Waals surface area (Å²) >= 11 is 14.1. The molecule has 242 valence electrons. The second kappa shape index (κ2) is 15.2. The van der Waals surface area contributed by atoms with Gasteiger partial charge in [0.05, 0.1) is 41.8 Å². The molecule has 11 heteroatoms. The molecule has 0 unspecified atom stereocenters. The smallest absolute Gasteiger partial charge is 0.220 e. The molecule has 3 heterocycles. The van der Waals surface area contributed by atoms with E-state index in [0.717, 1.165) is 45.4 Å². The van der Waals surface area contributed by atoms with Crippen molar-refractivity contribution in [2.75, 3.05) is 27.3 Å². The maximum atomic E-state index is 11.5. The van der Waals surface area contributed by atoms with E-state index in [1.807, 2.05) is 55.5 Å². The van der Waals surface area contributed by atoms with Gasteiger partial charge in [-0.05, 0) is 50.1 Å². The number of amides is 1. The summed E-state index contributed by atoms with van der Waals surface area (Å²) in [6, 6.07) is 15.6. The summed E-state index contributed by atoms with van der Waals surface area (Å²) in [4.78, 5) is 20.9. The number of hydrogen-bond acceptors (Lipinski definition) is 8. The molecule has 2 aromatic carbocycles. The van der Waals surface area contributed by atoms with Crippen LogP contribution in [-0.4, -0.2) is 60.4 Å². The van der Waals surface area contributed by atoms with E-state index in [0.29, 0.717) is 65.7 Å². The van der Waals surface area contributed by atoms with Crippen LogP contribution in [0.2, 0.25) is 10.0 Å². The number of benzene rings is 2. The minimum atomic E-state index is -0.444. The lowest BCUT2D eigenvalue weighted by atomic mass is 9.97. The minimum absolute atomic E-state index is 0.0986. The van der Waals surface area contributed by atoms with Gasteiger partial charge in [0, 0.05) is 78.2 Å². The number of hydrogen-bond donors (Lipinski definition) is 4. The average molecular weight is 665 g/mol. The summed E-state index contributed by atoms with van der Waals surface area (Å²) in [6.07, 6.45) is 2.68. The molecule has 1 fully saturated rings. The van der Waals surface area contributed by atoms with Gasteiger partial charge < -0.3 is 30.5 Å². The van der Waals surface area contributed by atoms with Gasteiger partial charge >= 0.3 is 0 Å². The van der Waals surface area contributed by atoms with E-state index >= 15 is 0 Å². The van der Waals surface area contributed by atoms with E-state index in [4.69, 9.17) is 37.7 Å². The molecule has 2 atom stereocenters. The van der Waals surface area contributed by atoms with Crippen molar-refractivity contribution in [2.45, 2.75) is 51.9 Å². The normalized spacial score (nSPS) is 15.1. The van der Waals surface area contributed by atoms with Crippen LogP contribution in [0, 0.1) is 6.92 Å². The van der Waals surface area contributed by atoms with Gasteiger partial charge in [-0.3, -0.25) is 9.78 Å². The average Bonchev–Trinajstić information content (AvgIpc) is 3.46. The van der Waals surface area contributed by atoms with E-state index in [-0.39, 0.29) is 11.9 Å². The Kier molecular flexibility index (Phi) is 11.1. The maximum Gasteiger partial charge on any atom is 0.220 e. The highest BCUT2D eigenvalue weighted by Gasteiger charge is 2.21. The standard InChI is InChI=1S/C35H39Cl2N5O4/c1-20-14-23(15-30(45-3)28(20)19-38-16-21(2)43)34-33(37)26(12-13-40-34)25-6-5-7-27(32(25)36)29-10-8-22(35(42-29)46-4)17-39-18-24-9-11-31(44)41-24/h5-8,10,12-15,21,24,38-39,43H,9,11,16-19H2,1-4H3,(H,41,44)/t21-,24+/m0/s1. The fraction of sp³-hybridized carbons (Fsp3) is 0.343. The highest BCUT2D eigenvalue weighted by Crippen LogP contribution is 2.42. The number of halogens is 2. The summed E-state index contributed by atoms with van der Waals surface area (Å²) in [5, 5.41) is 20.2. The lowest BCUT2D eigenvalue weighted by Crippen LogP contribution is -2.35. The van der Waals surface area contributed by atoms with Gasteiger partial charge in [-0.25, -0.2) is 4.98 Å². The van der Waals surface area contributed by atoms with Crippen LogP contribution in [0.25, 0.3) is 33.6 Å². The van der Waals surface area contributed by atoms with Crippen molar-refractivity contribution in [2.24, 2.45) is 0 Å². The van der Waals surface area contributed by atoms with Crippen molar-refractivity contribution >= 4 is 29.1 Å². The molecular weight excluding hydrogens is 625 g/mol. The molecule has 0 bridgehead atoms. The van der Waals surface area contributed by atoms with Crippen LogP contribution < -0.4 is 25.4 Å². The summed E-state index contributed by atoms with van der Waals surface area (Å²) in [6.45, 7) is 6.02. The quantitative estimate of drug-likeness (QED) is 0.139. The molecule has 1 aliphatic heterocycles. The van der Waals surface area contributed by atoms with Crippen LogP contribution >= 0.6 is 23.2 Å². The Bertz CT molecular complexity index is 1720. The second-order valence-corrected chi connectivity index (χ2v) is 12.2. The molecule has 46 heavy (non-hydrogen) atoms. The molecule has 9 nitrogen and oxygen atoms in total. The SMILES string of the molecule is COc1cc(-c2nccc(-c3cccc(-c4ccc(CNC[C@H]5CCC(=O)N5)c(OC)n4)c3Cl)c2Cl)cc(C)c1CNC[C@H](C)O. The molecular formula is C35H39Cl2N5O4. The molecule has 1 saturated heterocycles. The first kappa shape index (κ1) is 33.6. The Hall–Kier alpha value is -3.73. The summed E-state index contributed by atoms with van der Waals surface area (Å²) in [5.41, 5.74) is 7.25. The number of aliphatic hydroxyl groups is 1. The number of rotatable bonds is 13. The van der Waals surface area contributed by atoms with Gasteiger partial charge in [-0.2, -0.15) is 0 Å². The van der Waals surface area contributed by atoms with Crippen molar-refractivity contribution in [3.05, 3.63) is 81.5 Å².